The van der Waals surface area contributed by atoms with Crippen molar-refractivity contribution in [2.24, 2.45) is 0 Å². The Bertz CT molecular complexity index is 803. The number of piperidine rings is 1. The lowest BCUT2D eigenvalue weighted by Gasteiger charge is -2.29. The lowest BCUT2D eigenvalue weighted by molar-refractivity contribution is 0.0786. The van der Waals surface area contributed by atoms with Crippen LogP contribution in [0.3, 0.4) is 0 Å². The number of nitrogens with zero attached hydrogens (tertiary/aromatic N) is 3. The number of aliphatic hydroxyl groups is 1. The third kappa shape index (κ3) is 3.02. The van der Waals surface area contributed by atoms with Gasteiger partial charge in [0, 0.05) is 41.8 Å². The van der Waals surface area contributed by atoms with E-state index < -0.39 is 0 Å². The highest BCUT2D eigenvalue weighted by atomic mass is 35.5. The predicted molar refractivity (Wildman–Crippen MR) is 94.0 cm³/mol. The molecule has 1 aromatic carbocycles. The van der Waals surface area contributed by atoms with Crippen molar-refractivity contribution < 1.29 is 5.11 Å². The molecule has 4 rings (SSSR count). The van der Waals surface area contributed by atoms with Crippen molar-refractivity contribution in [2.75, 3.05) is 13.1 Å². The van der Waals surface area contributed by atoms with Crippen LogP contribution in [0.4, 0.5) is 0 Å². The molecule has 1 aliphatic rings. The van der Waals surface area contributed by atoms with Crippen LogP contribution >= 0.6 is 22.9 Å². The largest absolute Gasteiger partial charge is 0.393 e. The molecule has 1 aliphatic heterocycles. The monoisotopic (exact) mass is 347 g/mol. The van der Waals surface area contributed by atoms with Crippen molar-refractivity contribution in [3.8, 4) is 11.3 Å². The molecule has 120 valence electrons. The first-order chi connectivity index (χ1) is 11.2. The van der Waals surface area contributed by atoms with Gasteiger partial charge in [0.15, 0.2) is 4.96 Å². The molecule has 2 aromatic heterocycles. The van der Waals surface area contributed by atoms with E-state index >= 15 is 0 Å². The first-order valence-electron chi connectivity index (χ1n) is 7.81. The van der Waals surface area contributed by atoms with Gasteiger partial charge in [0.05, 0.1) is 17.5 Å². The fourth-order valence-corrected chi connectivity index (χ4v) is 3.97. The molecule has 0 saturated carbocycles. The van der Waals surface area contributed by atoms with Crippen LogP contribution in [-0.2, 0) is 6.54 Å². The number of hydrogen-bond acceptors (Lipinski definition) is 4. The van der Waals surface area contributed by atoms with Gasteiger partial charge in [-0.2, -0.15) is 0 Å². The van der Waals surface area contributed by atoms with E-state index in [1.807, 2.05) is 24.3 Å². The summed E-state index contributed by atoms with van der Waals surface area (Å²) in [4.78, 5) is 8.23. The first-order valence-corrected chi connectivity index (χ1v) is 9.07. The molecule has 0 spiro atoms. The number of thiazole rings is 1. The molecule has 0 unspecified atom stereocenters. The summed E-state index contributed by atoms with van der Waals surface area (Å²) in [6.07, 6.45) is 3.64. The minimum absolute atomic E-state index is 0.145. The second kappa shape index (κ2) is 6.24. The maximum absolute atomic E-state index is 9.70. The second-order valence-electron chi connectivity index (χ2n) is 5.98. The van der Waals surface area contributed by atoms with E-state index in [0.717, 1.165) is 53.7 Å². The summed E-state index contributed by atoms with van der Waals surface area (Å²) in [5.74, 6) is 0. The van der Waals surface area contributed by atoms with Crippen LogP contribution in [0.2, 0.25) is 5.02 Å². The van der Waals surface area contributed by atoms with Gasteiger partial charge in [-0.25, -0.2) is 4.98 Å². The highest BCUT2D eigenvalue weighted by molar-refractivity contribution is 7.15. The topological polar surface area (TPSA) is 40.8 Å². The van der Waals surface area contributed by atoms with Gasteiger partial charge < -0.3 is 5.11 Å². The van der Waals surface area contributed by atoms with E-state index in [1.165, 1.54) is 5.69 Å². The third-order valence-electron chi connectivity index (χ3n) is 4.41. The van der Waals surface area contributed by atoms with Crippen molar-refractivity contribution in [1.29, 1.82) is 0 Å². The van der Waals surface area contributed by atoms with Gasteiger partial charge in [0.1, 0.15) is 0 Å². The van der Waals surface area contributed by atoms with Crippen molar-refractivity contribution in [3.05, 3.63) is 46.6 Å². The number of likely N-dealkylation sites (tertiary alicyclic amines) is 1. The quantitative estimate of drug-likeness (QED) is 0.785. The van der Waals surface area contributed by atoms with Gasteiger partial charge in [-0.3, -0.25) is 9.30 Å². The average Bonchev–Trinajstić information content (AvgIpc) is 3.13. The Morgan fingerprint density at radius 2 is 1.96 bits per heavy atom. The summed E-state index contributed by atoms with van der Waals surface area (Å²) in [6.45, 7) is 2.71. The first kappa shape index (κ1) is 15.1. The Morgan fingerprint density at radius 1 is 1.22 bits per heavy atom. The molecule has 1 N–H and O–H groups in total. The minimum atomic E-state index is -0.145. The third-order valence-corrected chi connectivity index (χ3v) is 5.42. The molecular weight excluding hydrogens is 330 g/mol. The molecule has 0 atom stereocenters. The van der Waals surface area contributed by atoms with Crippen LogP contribution in [0, 0.1) is 0 Å². The maximum Gasteiger partial charge on any atom is 0.194 e. The lowest BCUT2D eigenvalue weighted by atomic mass is 10.1. The van der Waals surface area contributed by atoms with E-state index in [0.29, 0.717) is 0 Å². The Kier molecular flexibility index (Phi) is 4.11. The number of benzene rings is 1. The minimum Gasteiger partial charge on any atom is -0.393 e. The van der Waals surface area contributed by atoms with Gasteiger partial charge in [-0.05, 0) is 25.0 Å². The molecule has 1 fully saturated rings. The van der Waals surface area contributed by atoms with Crippen LogP contribution in [0.25, 0.3) is 16.2 Å². The molecule has 0 aliphatic carbocycles. The van der Waals surface area contributed by atoms with Crippen LogP contribution in [0.1, 0.15) is 18.5 Å². The molecule has 0 radical (unpaired) electrons. The SMILES string of the molecule is OC1CCN(Cc2c(-c3ccc(Cl)cc3)nc3sccn23)CC1. The standard InChI is InChI=1S/C17H18ClN3OS/c18-13-3-1-12(2-4-13)16-15(21-9-10-23-17(21)19-16)11-20-7-5-14(22)6-8-20/h1-4,9-10,14,22H,5-8,11H2. The molecule has 6 heteroatoms. The van der Waals surface area contributed by atoms with Crippen LogP contribution in [0.5, 0.6) is 0 Å². The average molecular weight is 348 g/mol. The molecule has 23 heavy (non-hydrogen) atoms. The van der Waals surface area contributed by atoms with E-state index in [-0.39, 0.29) is 6.10 Å². The number of aromatic nitrogens is 2. The number of rotatable bonds is 3. The highest BCUT2D eigenvalue weighted by Gasteiger charge is 2.21. The molecule has 0 bridgehead atoms. The smallest absolute Gasteiger partial charge is 0.194 e. The van der Waals surface area contributed by atoms with E-state index in [4.69, 9.17) is 16.6 Å². The van der Waals surface area contributed by atoms with Crippen LogP contribution in [-0.4, -0.2) is 38.6 Å². The maximum atomic E-state index is 9.70. The Balaban J connectivity index is 1.70. The Hall–Kier alpha value is -1.40. The summed E-state index contributed by atoms with van der Waals surface area (Å²) >= 11 is 7.66. The van der Waals surface area contributed by atoms with Crippen molar-refractivity contribution in [2.45, 2.75) is 25.5 Å². The predicted octanol–water partition coefficient (Wildman–Crippen LogP) is 3.67. The summed E-state index contributed by atoms with van der Waals surface area (Å²) in [6, 6.07) is 7.87. The summed E-state index contributed by atoms with van der Waals surface area (Å²) in [5, 5.41) is 12.5. The molecule has 0 amide bonds. The fraction of sp³-hybridized carbons (Fsp3) is 0.353. The van der Waals surface area contributed by atoms with Gasteiger partial charge in [-0.1, -0.05) is 23.7 Å². The van der Waals surface area contributed by atoms with Gasteiger partial charge in [0.25, 0.3) is 0 Å². The number of aliphatic hydroxyl groups excluding tert-OH is 1. The zero-order valence-corrected chi connectivity index (χ0v) is 14.2. The fourth-order valence-electron chi connectivity index (χ4n) is 3.11. The Labute approximate surface area is 144 Å². The summed E-state index contributed by atoms with van der Waals surface area (Å²) in [5.41, 5.74) is 3.33. The van der Waals surface area contributed by atoms with Crippen LogP contribution in [0.15, 0.2) is 35.8 Å². The highest BCUT2D eigenvalue weighted by Crippen LogP contribution is 2.29. The molecule has 3 heterocycles. The lowest BCUT2D eigenvalue weighted by Crippen LogP contribution is -2.35. The zero-order chi connectivity index (χ0) is 15.8. The molecule has 1 saturated heterocycles. The zero-order valence-electron chi connectivity index (χ0n) is 12.7. The van der Waals surface area contributed by atoms with E-state index in [1.54, 1.807) is 11.3 Å². The number of halogens is 1. The van der Waals surface area contributed by atoms with Gasteiger partial charge in [0.2, 0.25) is 0 Å². The Morgan fingerprint density at radius 3 is 2.70 bits per heavy atom. The second-order valence-corrected chi connectivity index (χ2v) is 7.29. The van der Waals surface area contributed by atoms with Crippen LogP contribution < -0.4 is 0 Å². The molecular formula is C17H18ClN3OS. The normalized spacial score (nSPS) is 17.1. The van der Waals surface area contributed by atoms with E-state index in [2.05, 4.69) is 20.9 Å². The van der Waals surface area contributed by atoms with Crippen molar-refractivity contribution in [1.82, 2.24) is 14.3 Å². The summed E-state index contributed by atoms with van der Waals surface area (Å²) in [7, 11) is 0. The number of imidazole rings is 1. The number of fused-ring (bicyclic) bond motifs is 1. The van der Waals surface area contributed by atoms with Crippen molar-refractivity contribution >= 4 is 27.9 Å². The molecule has 3 aromatic rings. The van der Waals surface area contributed by atoms with E-state index in [9.17, 15) is 5.11 Å². The summed E-state index contributed by atoms with van der Waals surface area (Å²) < 4.78 is 2.18. The van der Waals surface area contributed by atoms with Gasteiger partial charge in [-0.15, -0.1) is 11.3 Å². The molecule has 4 nitrogen and oxygen atoms in total. The van der Waals surface area contributed by atoms with Crippen molar-refractivity contribution in [3.63, 3.8) is 0 Å². The van der Waals surface area contributed by atoms with Gasteiger partial charge >= 0.3 is 0 Å². The number of hydrogen-bond donors (Lipinski definition) is 1.